The average Bonchev–Trinajstić information content (AvgIpc) is 2.24. The molecule has 0 amide bonds. The lowest BCUT2D eigenvalue weighted by atomic mass is 10.1. The maximum absolute atomic E-state index is 11.1. The molecule has 0 fully saturated rings. The molecule has 9 heteroatoms. The van der Waals surface area contributed by atoms with Gasteiger partial charge in [0.2, 0.25) is 0 Å². The average molecular weight is 304 g/mol. The molecule has 0 heterocycles. The molecule has 2 aromatic rings. The number of hydrogen-bond acceptors (Lipinski definition) is 5. The summed E-state index contributed by atoms with van der Waals surface area (Å²) in [6.45, 7) is 0. The van der Waals surface area contributed by atoms with E-state index in [0.717, 1.165) is 18.2 Å². The molecule has 0 saturated carbocycles. The fourth-order valence-electron chi connectivity index (χ4n) is 1.70. The molecular weight excluding hydrogens is 296 g/mol. The molecule has 0 bridgehead atoms. The van der Waals surface area contributed by atoms with E-state index in [4.69, 9.17) is 9.11 Å². The Balaban J connectivity index is 2.94. The Bertz CT molecular complexity index is 866. The molecule has 2 aromatic carbocycles. The van der Waals surface area contributed by atoms with E-state index in [2.05, 4.69) is 0 Å². The highest BCUT2D eigenvalue weighted by atomic mass is 32.2. The summed E-state index contributed by atoms with van der Waals surface area (Å²) < 4.78 is 62.2. The zero-order valence-corrected chi connectivity index (χ0v) is 10.8. The van der Waals surface area contributed by atoms with Gasteiger partial charge in [-0.25, -0.2) is 0 Å². The van der Waals surface area contributed by atoms with E-state index >= 15 is 0 Å². The van der Waals surface area contributed by atoms with Crippen LogP contribution in [0, 0.1) is 0 Å². The van der Waals surface area contributed by atoms with Crippen molar-refractivity contribution in [2.45, 2.75) is 9.79 Å². The summed E-state index contributed by atoms with van der Waals surface area (Å²) in [7, 11) is -9.15. The quantitative estimate of drug-likeness (QED) is 0.707. The first-order valence-electron chi connectivity index (χ1n) is 4.81. The maximum atomic E-state index is 11.1. The van der Waals surface area contributed by atoms with Crippen molar-refractivity contribution < 1.29 is 31.0 Å². The molecule has 102 valence electrons. The van der Waals surface area contributed by atoms with Gasteiger partial charge >= 0.3 is 0 Å². The van der Waals surface area contributed by atoms with Crippen LogP contribution in [-0.4, -0.2) is 31.0 Å². The van der Waals surface area contributed by atoms with Gasteiger partial charge in [0.05, 0.1) is 0 Å². The first-order chi connectivity index (χ1) is 8.60. The lowest BCUT2D eigenvalue weighted by Crippen LogP contribution is -2.01. The number of benzene rings is 2. The minimum Gasteiger partial charge on any atom is -0.506 e. The monoisotopic (exact) mass is 304 g/mol. The lowest BCUT2D eigenvalue weighted by Gasteiger charge is -2.07. The molecule has 0 radical (unpaired) electrons. The number of rotatable bonds is 2. The van der Waals surface area contributed by atoms with Crippen LogP contribution < -0.4 is 0 Å². The Morgan fingerprint density at radius 3 is 1.95 bits per heavy atom. The topological polar surface area (TPSA) is 129 Å². The molecule has 0 aromatic heterocycles. The van der Waals surface area contributed by atoms with Crippen molar-refractivity contribution in [1.82, 2.24) is 0 Å². The van der Waals surface area contributed by atoms with Crippen LogP contribution in [0.2, 0.25) is 0 Å². The van der Waals surface area contributed by atoms with Crippen LogP contribution >= 0.6 is 0 Å². The van der Waals surface area contributed by atoms with Crippen molar-refractivity contribution in [2.75, 3.05) is 0 Å². The Morgan fingerprint density at radius 2 is 1.42 bits per heavy atom. The third-order valence-corrected chi connectivity index (χ3v) is 4.27. The first kappa shape index (κ1) is 13.7. The largest absolute Gasteiger partial charge is 0.506 e. The minimum atomic E-state index is -4.64. The zero-order valence-electron chi connectivity index (χ0n) is 9.18. The molecule has 7 nitrogen and oxygen atoms in total. The highest BCUT2D eigenvalue weighted by molar-refractivity contribution is 7.86. The number of phenolic OH excluding ortho intramolecular Hbond substituents is 1. The summed E-state index contributed by atoms with van der Waals surface area (Å²) in [5, 5.41) is 9.58. The van der Waals surface area contributed by atoms with E-state index in [0.29, 0.717) is 0 Å². The molecule has 0 atom stereocenters. The predicted molar refractivity (Wildman–Crippen MR) is 65.2 cm³/mol. The summed E-state index contributed by atoms with van der Waals surface area (Å²) in [6.07, 6.45) is 0. The standard InChI is InChI=1S/C10H8O7S2/c11-8-5-7-6(4-10(8)19(15,16)17)2-1-3-9(7)18(12,13)14/h1-5,11H,(H,12,13,14)(H,15,16,17). The Morgan fingerprint density at radius 1 is 0.842 bits per heavy atom. The summed E-state index contributed by atoms with van der Waals surface area (Å²) in [4.78, 5) is -1.21. The van der Waals surface area contributed by atoms with E-state index in [1.54, 1.807) is 0 Å². The molecule has 0 saturated heterocycles. The van der Waals surface area contributed by atoms with Crippen molar-refractivity contribution in [3.63, 3.8) is 0 Å². The normalized spacial score (nSPS) is 12.7. The van der Waals surface area contributed by atoms with Crippen LogP contribution in [0.25, 0.3) is 10.8 Å². The van der Waals surface area contributed by atoms with E-state index in [-0.39, 0.29) is 10.8 Å². The molecule has 0 aliphatic carbocycles. The van der Waals surface area contributed by atoms with Gasteiger partial charge in [-0.2, -0.15) is 16.8 Å². The van der Waals surface area contributed by atoms with Crippen LogP contribution in [-0.2, 0) is 20.2 Å². The molecule has 0 aliphatic heterocycles. The SMILES string of the molecule is O=S(=O)(O)c1cc2cccc(S(=O)(=O)O)c2cc1O. The molecule has 0 spiro atoms. The van der Waals surface area contributed by atoms with Gasteiger partial charge in [-0.3, -0.25) is 9.11 Å². The molecule has 0 aliphatic rings. The number of aromatic hydroxyl groups is 1. The lowest BCUT2D eigenvalue weighted by molar-refractivity contribution is 0.444. The van der Waals surface area contributed by atoms with Gasteiger partial charge in [-0.15, -0.1) is 0 Å². The van der Waals surface area contributed by atoms with E-state index < -0.39 is 35.8 Å². The fraction of sp³-hybridized carbons (Fsp3) is 0. The van der Waals surface area contributed by atoms with Crippen molar-refractivity contribution in [3.05, 3.63) is 30.3 Å². The van der Waals surface area contributed by atoms with E-state index in [1.165, 1.54) is 12.1 Å². The van der Waals surface area contributed by atoms with Crippen LogP contribution in [0.15, 0.2) is 40.1 Å². The highest BCUT2D eigenvalue weighted by Crippen LogP contribution is 2.31. The van der Waals surface area contributed by atoms with Gasteiger partial charge in [0.15, 0.2) is 0 Å². The summed E-state index contributed by atoms with van der Waals surface area (Å²) >= 11 is 0. The molecule has 3 N–H and O–H groups in total. The minimum absolute atomic E-state index is 0.0603. The molecule has 0 unspecified atom stereocenters. The van der Waals surface area contributed by atoms with Gasteiger partial charge in [0, 0.05) is 5.39 Å². The Hall–Kier alpha value is -1.68. The van der Waals surface area contributed by atoms with Crippen LogP contribution in [0.4, 0.5) is 0 Å². The van der Waals surface area contributed by atoms with E-state index in [1.807, 2.05) is 0 Å². The van der Waals surface area contributed by atoms with Crippen LogP contribution in [0.5, 0.6) is 5.75 Å². The Kier molecular flexibility index (Phi) is 3.01. The molecule has 19 heavy (non-hydrogen) atoms. The Labute approximate surface area is 108 Å². The van der Waals surface area contributed by atoms with Gasteiger partial charge in [-0.1, -0.05) is 12.1 Å². The van der Waals surface area contributed by atoms with Crippen molar-refractivity contribution in [1.29, 1.82) is 0 Å². The van der Waals surface area contributed by atoms with Gasteiger partial charge in [-0.05, 0) is 23.6 Å². The summed E-state index contributed by atoms with van der Waals surface area (Å²) in [5.41, 5.74) is 0. The van der Waals surface area contributed by atoms with Crippen LogP contribution in [0.1, 0.15) is 0 Å². The van der Waals surface area contributed by atoms with E-state index in [9.17, 15) is 21.9 Å². The van der Waals surface area contributed by atoms with Gasteiger partial charge in [0.1, 0.15) is 15.5 Å². The highest BCUT2D eigenvalue weighted by Gasteiger charge is 2.20. The predicted octanol–water partition coefficient (Wildman–Crippen LogP) is 1.04. The van der Waals surface area contributed by atoms with Crippen molar-refractivity contribution in [3.8, 4) is 5.75 Å². The van der Waals surface area contributed by atoms with Crippen molar-refractivity contribution >= 4 is 31.0 Å². The number of fused-ring (bicyclic) bond motifs is 1. The first-order valence-corrected chi connectivity index (χ1v) is 7.69. The maximum Gasteiger partial charge on any atom is 0.298 e. The molecule has 2 rings (SSSR count). The summed E-state index contributed by atoms with van der Waals surface area (Å²) in [5.74, 6) is -0.814. The molecular formula is C10H8O7S2. The van der Waals surface area contributed by atoms with Gasteiger partial charge in [0.25, 0.3) is 20.2 Å². The smallest absolute Gasteiger partial charge is 0.298 e. The third kappa shape index (κ3) is 2.54. The second kappa shape index (κ2) is 4.17. The second-order valence-electron chi connectivity index (χ2n) is 3.75. The van der Waals surface area contributed by atoms with Crippen molar-refractivity contribution in [2.24, 2.45) is 0 Å². The van der Waals surface area contributed by atoms with Gasteiger partial charge < -0.3 is 5.11 Å². The zero-order chi connectivity index (χ0) is 14.4. The fourth-order valence-corrected chi connectivity index (χ4v) is 3.00. The second-order valence-corrected chi connectivity index (χ2v) is 6.53. The number of phenols is 1. The summed E-state index contributed by atoms with van der Waals surface area (Å²) in [6, 6.07) is 5.52. The third-order valence-electron chi connectivity index (χ3n) is 2.48. The number of hydrogen-bond donors (Lipinski definition) is 3. The van der Waals surface area contributed by atoms with Crippen LogP contribution in [0.3, 0.4) is 0 Å².